The lowest BCUT2D eigenvalue weighted by Crippen LogP contribution is -2.35. The van der Waals surface area contributed by atoms with Crippen LogP contribution in [0.15, 0.2) is 51.7 Å². The second kappa shape index (κ2) is 10.9. The van der Waals surface area contributed by atoms with Crippen LogP contribution in [0.4, 0.5) is 0 Å². The van der Waals surface area contributed by atoms with Crippen molar-refractivity contribution in [2.45, 2.75) is 39.7 Å². The number of aliphatic hydroxyl groups is 1. The Bertz CT molecular complexity index is 1130. The van der Waals surface area contributed by atoms with Gasteiger partial charge in [-0.15, -0.1) is 0 Å². The topological polar surface area (TPSA) is 72.1 Å². The number of ether oxygens (including phenoxy) is 2. The van der Waals surface area contributed by atoms with E-state index in [1.165, 1.54) is 5.56 Å². The first kappa shape index (κ1) is 23.3. The number of aryl methyl sites for hydroxylation is 1. The summed E-state index contributed by atoms with van der Waals surface area (Å²) in [7, 11) is 0. The second-order valence-corrected chi connectivity index (χ2v) is 8.90. The Kier molecular flexibility index (Phi) is 7.68. The summed E-state index contributed by atoms with van der Waals surface area (Å²) in [6.45, 7) is 8.08. The first-order valence-corrected chi connectivity index (χ1v) is 11.8. The predicted octanol–water partition coefficient (Wildman–Crippen LogP) is 4.46. The molecule has 1 aliphatic rings. The van der Waals surface area contributed by atoms with Crippen LogP contribution in [0.2, 0.25) is 0 Å². The third kappa shape index (κ3) is 5.95. The zero-order chi connectivity index (χ0) is 23.2. The van der Waals surface area contributed by atoms with Crippen LogP contribution < -0.4 is 15.1 Å². The number of nitrogens with zero attached hydrogens (tertiary/aromatic N) is 1. The zero-order valence-corrected chi connectivity index (χ0v) is 19.5. The van der Waals surface area contributed by atoms with E-state index in [0.29, 0.717) is 36.7 Å². The Balaban J connectivity index is 1.26. The van der Waals surface area contributed by atoms with Gasteiger partial charge in [0.25, 0.3) is 0 Å². The van der Waals surface area contributed by atoms with E-state index < -0.39 is 0 Å². The number of aliphatic hydroxyl groups excluding tert-OH is 1. The third-order valence-corrected chi connectivity index (χ3v) is 6.50. The highest BCUT2D eigenvalue weighted by Crippen LogP contribution is 2.26. The van der Waals surface area contributed by atoms with E-state index in [2.05, 4.69) is 17.0 Å². The highest BCUT2D eigenvalue weighted by atomic mass is 16.5. The van der Waals surface area contributed by atoms with Crippen molar-refractivity contribution in [3.63, 3.8) is 0 Å². The minimum atomic E-state index is -0.285. The highest BCUT2D eigenvalue weighted by molar-refractivity contribution is 5.82. The molecule has 0 radical (unpaired) electrons. The van der Waals surface area contributed by atoms with E-state index in [-0.39, 0.29) is 12.2 Å². The number of fused-ring (bicyclic) bond motifs is 1. The van der Waals surface area contributed by atoms with Crippen LogP contribution in [0.3, 0.4) is 0 Å². The van der Waals surface area contributed by atoms with E-state index in [0.717, 1.165) is 54.9 Å². The van der Waals surface area contributed by atoms with Crippen molar-refractivity contribution in [3.8, 4) is 11.5 Å². The van der Waals surface area contributed by atoms with Gasteiger partial charge in [0.15, 0.2) is 0 Å². The Morgan fingerprint density at radius 2 is 1.82 bits per heavy atom. The molecule has 1 saturated heterocycles. The molecule has 0 atom stereocenters. The Labute approximate surface area is 194 Å². The fourth-order valence-corrected chi connectivity index (χ4v) is 4.29. The fraction of sp³-hybridized carbons (Fsp3) is 0.444. The molecule has 1 N–H and O–H groups in total. The van der Waals surface area contributed by atoms with Crippen LogP contribution in [-0.4, -0.2) is 42.9 Å². The first-order valence-electron chi connectivity index (χ1n) is 11.8. The molecule has 6 heteroatoms. The van der Waals surface area contributed by atoms with Gasteiger partial charge in [-0.05, 0) is 81.1 Å². The van der Waals surface area contributed by atoms with Gasteiger partial charge in [-0.3, -0.25) is 4.90 Å². The molecule has 2 heterocycles. The minimum absolute atomic E-state index is 0.148. The molecule has 0 spiro atoms. The molecular weight excluding hydrogens is 418 g/mol. The van der Waals surface area contributed by atoms with Gasteiger partial charge in [-0.25, -0.2) is 4.79 Å². The summed E-state index contributed by atoms with van der Waals surface area (Å²) >= 11 is 0. The van der Waals surface area contributed by atoms with Crippen LogP contribution in [-0.2, 0) is 6.54 Å². The number of hydrogen-bond acceptors (Lipinski definition) is 6. The van der Waals surface area contributed by atoms with Gasteiger partial charge in [0.2, 0.25) is 0 Å². The number of hydrogen-bond donors (Lipinski definition) is 1. The van der Waals surface area contributed by atoms with Crippen molar-refractivity contribution in [2.24, 2.45) is 5.92 Å². The monoisotopic (exact) mass is 451 g/mol. The summed E-state index contributed by atoms with van der Waals surface area (Å²) in [5.74, 6) is 2.12. The van der Waals surface area contributed by atoms with Crippen LogP contribution in [0.1, 0.15) is 36.0 Å². The molecule has 6 nitrogen and oxygen atoms in total. The van der Waals surface area contributed by atoms with Crippen molar-refractivity contribution in [1.29, 1.82) is 0 Å². The average Bonchev–Trinajstić information content (AvgIpc) is 2.82. The van der Waals surface area contributed by atoms with Gasteiger partial charge in [-0.1, -0.05) is 12.1 Å². The fourth-order valence-electron chi connectivity index (χ4n) is 4.29. The molecule has 2 aromatic carbocycles. The Hall–Kier alpha value is -2.83. The average molecular weight is 452 g/mol. The molecule has 0 unspecified atom stereocenters. The van der Waals surface area contributed by atoms with Gasteiger partial charge in [0.05, 0.1) is 13.2 Å². The SMILES string of the molecule is Cc1c(C)c2ccc(OCC3CCN(Cc4cccc(OCCCO)c4)CC3)cc2oc1=O. The Morgan fingerprint density at radius 3 is 2.61 bits per heavy atom. The standard InChI is InChI=1S/C27H33NO5/c1-19-20(2)27(30)33-26-16-24(7-8-25(19)26)32-18-21-9-11-28(12-10-21)17-22-5-3-6-23(15-22)31-14-4-13-29/h3,5-8,15-16,21,29H,4,9-14,17-18H2,1-2H3. The molecule has 33 heavy (non-hydrogen) atoms. The van der Waals surface area contributed by atoms with Gasteiger partial charge >= 0.3 is 5.63 Å². The van der Waals surface area contributed by atoms with E-state index >= 15 is 0 Å². The lowest BCUT2D eigenvalue weighted by molar-refractivity contribution is 0.136. The van der Waals surface area contributed by atoms with Crippen molar-refractivity contribution in [3.05, 3.63) is 69.6 Å². The number of benzene rings is 2. The Morgan fingerprint density at radius 1 is 1.03 bits per heavy atom. The molecule has 176 valence electrons. The molecule has 0 aliphatic carbocycles. The van der Waals surface area contributed by atoms with Crippen LogP contribution >= 0.6 is 0 Å². The summed E-state index contributed by atoms with van der Waals surface area (Å²) in [6.07, 6.45) is 2.83. The van der Waals surface area contributed by atoms with Crippen molar-refractivity contribution < 1.29 is 19.0 Å². The molecule has 1 aliphatic heterocycles. The summed E-state index contributed by atoms with van der Waals surface area (Å²) in [5, 5.41) is 9.85. The highest BCUT2D eigenvalue weighted by Gasteiger charge is 2.20. The lowest BCUT2D eigenvalue weighted by atomic mass is 9.97. The molecule has 0 bridgehead atoms. The summed E-state index contributed by atoms with van der Waals surface area (Å²) in [6, 6.07) is 14.0. The van der Waals surface area contributed by atoms with Gasteiger partial charge in [0.1, 0.15) is 17.1 Å². The van der Waals surface area contributed by atoms with E-state index in [1.54, 1.807) is 6.92 Å². The third-order valence-electron chi connectivity index (χ3n) is 6.50. The molecule has 3 aromatic rings. The van der Waals surface area contributed by atoms with Crippen LogP contribution in [0, 0.1) is 19.8 Å². The second-order valence-electron chi connectivity index (χ2n) is 8.90. The van der Waals surface area contributed by atoms with E-state index in [9.17, 15) is 4.79 Å². The normalized spacial score (nSPS) is 15.1. The summed E-state index contributed by atoms with van der Waals surface area (Å²) < 4.78 is 17.2. The van der Waals surface area contributed by atoms with Crippen LogP contribution in [0.25, 0.3) is 11.0 Å². The van der Waals surface area contributed by atoms with Crippen molar-refractivity contribution in [2.75, 3.05) is 32.9 Å². The number of likely N-dealkylation sites (tertiary alicyclic amines) is 1. The molecule has 0 saturated carbocycles. The molecular formula is C27H33NO5. The maximum Gasteiger partial charge on any atom is 0.339 e. The van der Waals surface area contributed by atoms with Crippen molar-refractivity contribution >= 4 is 11.0 Å². The predicted molar refractivity (Wildman–Crippen MR) is 129 cm³/mol. The van der Waals surface area contributed by atoms with Gasteiger partial charge in [0, 0.05) is 36.6 Å². The number of rotatable bonds is 9. The summed E-state index contributed by atoms with van der Waals surface area (Å²) in [5.41, 5.74) is 3.16. The van der Waals surface area contributed by atoms with E-state index in [1.807, 2.05) is 37.3 Å². The minimum Gasteiger partial charge on any atom is -0.493 e. The van der Waals surface area contributed by atoms with E-state index in [4.69, 9.17) is 19.0 Å². The van der Waals surface area contributed by atoms with Gasteiger partial charge < -0.3 is 19.0 Å². The van der Waals surface area contributed by atoms with Gasteiger partial charge in [-0.2, -0.15) is 0 Å². The van der Waals surface area contributed by atoms with Crippen LogP contribution in [0.5, 0.6) is 11.5 Å². The lowest BCUT2D eigenvalue weighted by Gasteiger charge is -2.32. The molecule has 1 fully saturated rings. The molecule has 1 aromatic heterocycles. The van der Waals surface area contributed by atoms with Crippen molar-refractivity contribution in [1.82, 2.24) is 4.90 Å². The first-order chi connectivity index (χ1) is 16.0. The quantitative estimate of drug-likeness (QED) is 0.383. The molecule has 4 rings (SSSR count). The maximum absolute atomic E-state index is 12.0. The molecule has 0 amide bonds. The zero-order valence-electron chi connectivity index (χ0n) is 19.5. The summed E-state index contributed by atoms with van der Waals surface area (Å²) in [4.78, 5) is 14.5. The number of piperidine rings is 1. The maximum atomic E-state index is 12.0. The smallest absolute Gasteiger partial charge is 0.339 e. The largest absolute Gasteiger partial charge is 0.493 e.